The van der Waals surface area contributed by atoms with Gasteiger partial charge in [-0.15, -0.1) is 10.2 Å². The number of rotatable bonds is 8. The van der Waals surface area contributed by atoms with Gasteiger partial charge in [-0.25, -0.2) is 0 Å². The molecular formula is C19H19Cl2N5OS. The zero-order chi connectivity index (χ0) is 19.9. The molecule has 0 aliphatic rings. The number of carbonyl (C=O) groups is 1. The molecule has 2 N–H and O–H groups in total. The zero-order valence-electron chi connectivity index (χ0n) is 15.2. The first-order valence-electron chi connectivity index (χ1n) is 8.65. The van der Waals surface area contributed by atoms with Gasteiger partial charge in [-0.05, 0) is 43.3 Å². The molecule has 0 bridgehead atoms. The molecule has 3 aromatic rings. The fraction of sp³-hybridized carbons (Fsp3) is 0.211. The van der Waals surface area contributed by atoms with Crippen LogP contribution in [-0.4, -0.2) is 26.4 Å². The molecule has 0 saturated carbocycles. The summed E-state index contributed by atoms with van der Waals surface area (Å²) in [6, 6.07) is 14.6. The summed E-state index contributed by atoms with van der Waals surface area (Å²) in [6.45, 7) is 3.25. The summed E-state index contributed by atoms with van der Waals surface area (Å²) in [4.78, 5) is 12.2. The van der Waals surface area contributed by atoms with Crippen molar-refractivity contribution >= 4 is 52.2 Å². The number of thioether (sulfide) groups is 1. The number of benzene rings is 2. The van der Waals surface area contributed by atoms with Crippen LogP contribution in [0.2, 0.25) is 10.0 Å². The Morgan fingerprint density at radius 3 is 2.57 bits per heavy atom. The van der Waals surface area contributed by atoms with Gasteiger partial charge < -0.3 is 15.2 Å². The van der Waals surface area contributed by atoms with Crippen LogP contribution >= 0.6 is 35.0 Å². The average Bonchev–Trinajstić information content (AvgIpc) is 3.09. The molecule has 0 aliphatic carbocycles. The van der Waals surface area contributed by atoms with Gasteiger partial charge in [0.15, 0.2) is 11.0 Å². The molecule has 9 heteroatoms. The van der Waals surface area contributed by atoms with E-state index in [2.05, 4.69) is 20.8 Å². The highest BCUT2D eigenvalue weighted by molar-refractivity contribution is 7.99. The SMILES string of the molecule is CCn1c(CNc2ccc(Cl)cc2)nnc1SCC(=O)Nc1ccccc1Cl. The summed E-state index contributed by atoms with van der Waals surface area (Å²) in [6.07, 6.45) is 0. The smallest absolute Gasteiger partial charge is 0.234 e. The molecule has 2 aromatic carbocycles. The first-order chi connectivity index (χ1) is 13.6. The molecule has 6 nitrogen and oxygen atoms in total. The summed E-state index contributed by atoms with van der Waals surface area (Å²) in [5, 5.41) is 16.5. The predicted molar refractivity (Wildman–Crippen MR) is 115 cm³/mol. The number of para-hydroxylation sites is 1. The van der Waals surface area contributed by atoms with Gasteiger partial charge in [-0.2, -0.15) is 0 Å². The second kappa shape index (κ2) is 9.82. The van der Waals surface area contributed by atoms with E-state index in [1.165, 1.54) is 11.8 Å². The van der Waals surface area contributed by atoms with Crippen molar-refractivity contribution in [2.75, 3.05) is 16.4 Å². The highest BCUT2D eigenvalue weighted by Crippen LogP contribution is 2.22. The number of carbonyl (C=O) groups excluding carboxylic acids is 1. The van der Waals surface area contributed by atoms with E-state index in [-0.39, 0.29) is 11.7 Å². The van der Waals surface area contributed by atoms with E-state index >= 15 is 0 Å². The van der Waals surface area contributed by atoms with Crippen molar-refractivity contribution in [1.29, 1.82) is 0 Å². The van der Waals surface area contributed by atoms with Crippen molar-refractivity contribution < 1.29 is 4.79 Å². The Balaban J connectivity index is 1.58. The number of hydrogen-bond donors (Lipinski definition) is 2. The quantitative estimate of drug-likeness (QED) is 0.489. The number of anilines is 2. The number of nitrogens with zero attached hydrogens (tertiary/aromatic N) is 3. The normalized spacial score (nSPS) is 10.7. The van der Waals surface area contributed by atoms with Crippen LogP contribution in [0.15, 0.2) is 53.7 Å². The Labute approximate surface area is 177 Å². The van der Waals surface area contributed by atoms with Crippen molar-refractivity contribution in [3.63, 3.8) is 0 Å². The van der Waals surface area contributed by atoms with Gasteiger partial charge in [0.25, 0.3) is 0 Å². The van der Waals surface area contributed by atoms with Gasteiger partial charge >= 0.3 is 0 Å². The maximum Gasteiger partial charge on any atom is 0.234 e. The van der Waals surface area contributed by atoms with Crippen LogP contribution in [-0.2, 0) is 17.9 Å². The van der Waals surface area contributed by atoms with E-state index in [0.29, 0.717) is 34.0 Å². The third-order valence-corrected chi connectivity index (χ3v) is 5.43. The summed E-state index contributed by atoms with van der Waals surface area (Å²) >= 11 is 13.3. The molecule has 0 atom stereocenters. The number of hydrogen-bond acceptors (Lipinski definition) is 5. The molecule has 0 spiro atoms. The topological polar surface area (TPSA) is 71.8 Å². The van der Waals surface area contributed by atoms with E-state index < -0.39 is 0 Å². The molecule has 3 rings (SSSR count). The molecule has 146 valence electrons. The molecule has 1 amide bonds. The third kappa shape index (κ3) is 5.41. The summed E-state index contributed by atoms with van der Waals surface area (Å²) in [7, 11) is 0. The van der Waals surface area contributed by atoms with E-state index in [4.69, 9.17) is 23.2 Å². The molecule has 0 unspecified atom stereocenters. The Morgan fingerprint density at radius 2 is 1.86 bits per heavy atom. The standard InChI is InChI=1S/C19H19Cl2N5OS/c1-2-26-17(11-22-14-9-7-13(20)8-10-14)24-25-19(26)28-12-18(27)23-16-6-4-3-5-15(16)21/h3-10,22H,2,11-12H2,1H3,(H,23,27). The lowest BCUT2D eigenvalue weighted by molar-refractivity contribution is -0.113. The maximum absolute atomic E-state index is 12.2. The Bertz CT molecular complexity index is 946. The molecule has 1 aromatic heterocycles. The summed E-state index contributed by atoms with van der Waals surface area (Å²) in [5.41, 5.74) is 1.54. The van der Waals surface area contributed by atoms with E-state index in [1.54, 1.807) is 12.1 Å². The van der Waals surface area contributed by atoms with Gasteiger partial charge in [0.05, 0.1) is 23.0 Å². The van der Waals surface area contributed by atoms with Crippen molar-refractivity contribution in [1.82, 2.24) is 14.8 Å². The van der Waals surface area contributed by atoms with Gasteiger partial charge in [-0.3, -0.25) is 4.79 Å². The average molecular weight is 436 g/mol. The van der Waals surface area contributed by atoms with Crippen molar-refractivity contribution in [2.24, 2.45) is 0 Å². The minimum absolute atomic E-state index is 0.149. The van der Waals surface area contributed by atoms with Crippen LogP contribution < -0.4 is 10.6 Å². The minimum atomic E-state index is -0.149. The Morgan fingerprint density at radius 1 is 1.11 bits per heavy atom. The monoisotopic (exact) mass is 435 g/mol. The van der Waals surface area contributed by atoms with Crippen LogP contribution in [0, 0.1) is 0 Å². The van der Waals surface area contributed by atoms with Crippen molar-refractivity contribution in [3.05, 3.63) is 64.4 Å². The maximum atomic E-state index is 12.2. The zero-order valence-corrected chi connectivity index (χ0v) is 17.5. The van der Waals surface area contributed by atoms with E-state index in [9.17, 15) is 4.79 Å². The molecule has 1 heterocycles. The van der Waals surface area contributed by atoms with Gasteiger partial charge in [0, 0.05) is 17.3 Å². The lowest BCUT2D eigenvalue weighted by Gasteiger charge is -2.10. The fourth-order valence-electron chi connectivity index (χ4n) is 2.50. The van der Waals surface area contributed by atoms with E-state index in [1.807, 2.05) is 47.9 Å². The van der Waals surface area contributed by atoms with Crippen molar-refractivity contribution in [2.45, 2.75) is 25.2 Å². The lowest BCUT2D eigenvalue weighted by atomic mass is 10.3. The number of aromatic nitrogens is 3. The van der Waals surface area contributed by atoms with E-state index in [0.717, 1.165) is 11.5 Å². The van der Waals surface area contributed by atoms with Crippen LogP contribution in [0.4, 0.5) is 11.4 Å². The molecule has 0 radical (unpaired) electrons. The number of halogens is 2. The van der Waals surface area contributed by atoms with Crippen LogP contribution in [0.1, 0.15) is 12.7 Å². The molecular weight excluding hydrogens is 417 g/mol. The predicted octanol–water partition coefficient (Wildman–Crippen LogP) is 4.95. The second-order valence-corrected chi connectivity index (χ2v) is 7.61. The van der Waals surface area contributed by atoms with Gasteiger partial charge in [-0.1, -0.05) is 47.1 Å². The summed E-state index contributed by atoms with van der Waals surface area (Å²) in [5.74, 6) is 0.865. The first kappa shape index (κ1) is 20.5. The minimum Gasteiger partial charge on any atom is -0.378 e. The Hall–Kier alpha value is -2.22. The number of amides is 1. The highest BCUT2D eigenvalue weighted by Gasteiger charge is 2.13. The fourth-order valence-corrected chi connectivity index (χ4v) is 3.63. The second-order valence-electron chi connectivity index (χ2n) is 5.82. The number of nitrogens with one attached hydrogen (secondary N) is 2. The largest absolute Gasteiger partial charge is 0.378 e. The van der Waals surface area contributed by atoms with Crippen molar-refractivity contribution in [3.8, 4) is 0 Å². The molecule has 0 fully saturated rings. The Kier molecular flexibility index (Phi) is 7.19. The van der Waals surface area contributed by atoms with Gasteiger partial charge in [0.2, 0.25) is 5.91 Å². The highest BCUT2D eigenvalue weighted by atomic mass is 35.5. The van der Waals surface area contributed by atoms with Gasteiger partial charge in [0.1, 0.15) is 0 Å². The first-order valence-corrected chi connectivity index (χ1v) is 10.4. The molecule has 0 saturated heterocycles. The molecule has 28 heavy (non-hydrogen) atoms. The molecule has 0 aliphatic heterocycles. The summed E-state index contributed by atoms with van der Waals surface area (Å²) < 4.78 is 1.98. The van der Waals surface area contributed by atoms with Crippen LogP contribution in [0.3, 0.4) is 0 Å². The lowest BCUT2D eigenvalue weighted by Crippen LogP contribution is -2.15. The third-order valence-electron chi connectivity index (χ3n) is 3.88. The van der Waals surface area contributed by atoms with Crippen LogP contribution in [0.25, 0.3) is 0 Å². The van der Waals surface area contributed by atoms with Crippen LogP contribution in [0.5, 0.6) is 0 Å².